The molecule has 188 valence electrons. The van der Waals surface area contributed by atoms with E-state index in [1.54, 1.807) is 18.2 Å². The molecule has 0 radical (unpaired) electrons. The summed E-state index contributed by atoms with van der Waals surface area (Å²) >= 11 is 0. The number of hydrogen-bond acceptors (Lipinski definition) is 7. The summed E-state index contributed by atoms with van der Waals surface area (Å²) in [4.78, 5) is 18.3. The average molecular weight is 493 g/mol. The van der Waals surface area contributed by atoms with Gasteiger partial charge in [-0.1, -0.05) is 19.1 Å². The van der Waals surface area contributed by atoms with E-state index in [0.29, 0.717) is 47.9 Å². The summed E-state index contributed by atoms with van der Waals surface area (Å²) in [7, 11) is 0. The van der Waals surface area contributed by atoms with Gasteiger partial charge in [0.15, 0.2) is 17.3 Å². The molecule has 10 heteroatoms. The van der Waals surface area contributed by atoms with Gasteiger partial charge in [0.05, 0.1) is 17.1 Å². The molecule has 0 fully saturated rings. The Hall–Kier alpha value is -3.79. The van der Waals surface area contributed by atoms with Crippen molar-refractivity contribution in [2.45, 2.75) is 58.8 Å². The molecule has 3 heterocycles. The number of halogens is 1. The first-order valence-corrected chi connectivity index (χ1v) is 12.0. The number of fused-ring (bicyclic) bond motifs is 2. The van der Waals surface area contributed by atoms with Crippen molar-refractivity contribution in [1.29, 1.82) is 0 Å². The Morgan fingerprint density at radius 2 is 1.83 bits per heavy atom. The van der Waals surface area contributed by atoms with E-state index in [1.165, 1.54) is 12.1 Å². The Morgan fingerprint density at radius 1 is 1.11 bits per heavy atom. The maximum absolute atomic E-state index is 13.6. The summed E-state index contributed by atoms with van der Waals surface area (Å²) < 4.78 is 26.4. The third-order valence-corrected chi connectivity index (χ3v) is 6.34. The van der Waals surface area contributed by atoms with Crippen LogP contribution in [-0.4, -0.2) is 36.9 Å². The fourth-order valence-electron chi connectivity index (χ4n) is 4.56. The minimum absolute atomic E-state index is 0.162. The minimum atomic E-state index is -0.323. The number of benzene rings is 2. The highest BCUT2D eigenvalue weighted by Gasteiger charge is 2.30. The monoisotopic (exact) mass is 492 g/mol. The number of tetrazole rings is 1. The smallest absolute Gasteiger partial charge is 0.252 e. The van der Waals surface area contributed by atoms with Crippen LogP contribution < -0.4 is 15.0 Å². The second-order valence-electron chi connectivity index (χ2n) is 9.99. The van der Waals surface area contributed by atoms with Gasteiger partial charge in [0, 0.05) is 30.1 Å². The molecule has 0 saturated carbocycles. The van der Waals surface area contributed by atoms with Gasteiger partial charge in [-0.05, 0) is 67.4 Å². The third kappa shape index (κ3) is 4.68. The fourth-order valence-corrected chi connectivity index (χ4v) is 4.56. The molecule has 2 aromatic heterocycles. The second kappa shape index (κ2) is 9.34. The Bertz CT molecular complexity index is 1440. The van der Waals surface area contributed by atoms with Gasteiger partial charge >= 0.3 is 0 Å². The average Bonchev–Trinajstić information content (AvgIpc) is 3.49. The first-order chi connectivity index (χ1) is 17.2. The third-order valence-electron chi connectivity index (χ3n) is 6.34. The quantitative estimate of drug-likeness (QED) is 0.411. The number of hydrogen-bond donors (Lipinski definition) is 1. The predicted molar refractivity (Wildman–Crippen MR) is 132 cm³/mol. The predicted octanol–water partition coefficient (Wildman–Crippen LogP) is 4.29. The largest absolute Gasteiger partial charge is 0.454 e. The van der Waals surface area contributed by atoms with E-state index in [0.717, 1.165) is 10.9 Å². The molecule has 1 aliphatic heterocycles. The topological polar surface area (TPSA) is 98.2 Å². The summed E-state index contributed by atoms with van der Waals surface area (Å²) in [5.41, 5.74) is 1.69. The standard InChI is InChI=1S/C26H29FN6O3/c1-5-21(24-29-30-31-33(24)26(2,3)4)32(13-16-6-8-19(27)9-7-16)14-18-10-17-11-22-23(36-15-35-22)12-20(17)28-25(18)34/h6-12,21H,5,13-15H2,1-4H3,(H,28,34). The van der Waals surface area contributed by atoms with Crippen LogP contribution in [0.15, 0.2) is 47.3 Å². The van der Waals surface area contributed by atoms with Crippen molar-refractivity contribution < 1.29 is 13.9 Å². The zero-order valence-electron chi connectivity index (χ0n) is 20.8. The fraction of sp³-hybridized carbons (Fsp3) is 0.385. The maximum Gasteiger partial charge on any atom is 0.252 e. The minimum Gasteiger partial charge on any atom is -0.454 e. The molecule has 1 atom stereocenters. The van der Waals surface area contributed by atoms with Gasteiger partial charge in [-0.15, -0.1) is 5.10 Å². The molecule has 5 rings (SSSR count). The number of H-pyrrole nitrogens is 1. The van der Waals surface area contributed by atoms with Gasteiger partial charge in [-0.2, -0.15) is 0 Å². The van der Waals surface area contributed by atoms with Crippen molar-refractivity contribution in [1.82, 2.24) is 30.1 Å². The van der Waals surface area contributed by atoms with Crippen molar-refractivity contribution in [2.75, 3.05) is 6.79 Å². The lowest BCUT2D eigenvalue weighted by molar-refractivity contribution is 0.153. The highest BCUT2D eigenvalue weighted by atomic mass is 19.1. The summed E-state index contributed by atoms with van der Waals surface area (Å²) in [6.45, 7) is 9.18. The Balaban J connectivity index is 1.55. The Kier molecular flexibility index (Phi) is 6.21. The van der Waals surface area contributed by atoms with Crippen molar-refractivity contribution in [3.8, 4) is 11.5 Å². The van der Waals surface area contributed by atoms with Gasteiger partial charge in [-0.25, -0.2) is 9.07 Å². The van der Waals surface area contributed by atoms with Crippen LogP contribution in [-0.2, 0) is 18.6 Å². The summed E-state index contributed by atoms with van der Waals surface area (Å²) in [6.07, 6.45) is 0.710. The second-order valence-corrected chi connectivity index (χ2v) is 9.99. The number of nitrogens with zero attached hydrogens (tertiary/aromatic N) is 5. The van der Waals surface area contributed by atoms with Crippen molar-refractivity contribution >= 4 is 10.9 Å². The highest BCUT2D eigenvalue weighted by molar-refractivity contribution is 5.83. The molecule has 2 aromatic carbocycles. The molecule has 36 heavy (non-hydrogen) atoms. The molecule has 0 aliphatic carbocycles. The van der Waals surface area contributed by atoms with Crippen LogP contribution in [0.4, 0.5) is 4.39 Å². The van der Waals surface area contributed by atoms with Crippen LogP contribution in [0.3, 0.4) is 0 Å². The Morgan fingerprint density at radius 3 is 2.53 bits per heavy atom. The lowest BCUT2D eigenvalue weighted by atomic mass is 10.0. The zero-order valence-corrected chi connectivity index (χ0v) is 20.8. The SMILES string of the molecule is CCC(c1nnnn1C(C)(C)C)N(Cc1ccc(F)cc1)Cc1cc2cc3c(cc2[nH]c1=O)OCO3. The van der Waals surface area contributed by atoms with E-state index < -0.39 is 0 Å². The van der Waals surface area contributed by atoms with E-state index in [2.05, 4.69) is 32.3 Å². The van der Waals surface area contributed by atoms with Crippen molar-refractivity contribution in [2.24, 2.45) is 0 Å². The normalized spacial score (nSPS) is 14.1. The summed E-state index contributed by atoms with van der Waals surface area (Å²) in [5, 5.41) is 13.4. The van der Waals surface area contributed by atoms with Crippen LogP contribution in [0.5, 0.6) is 11.5 Å². The van der Waals surface area contributed by atoms with Gasteiger partial charge in [0.1, 0.15) is 5.82 Å². The van der Waals surface area contributed by atoms with Crippen molar-refractivity contribution in [3.05, 3.63) is 75.6 Å². The Labute approximate surface area is 207 Å². The number of ether oxygens (including phenoxy) is 2. The molecule has 1 N–H and O–H groups in total. The number of aromatic amines is 1. The lowest BCUT2D eigenvalue weighted by Crippen LogP contribution is -2.35. The molecule has 1 aliphatic rings. The van der Waals surface area contributed by atoms with E-state index in [9.17, 15) is 9.18 Å². The van der Waals surface area contributed by atoms with Crippen molar-refractivity contribution in [3.63, 3.8) is 0 Å². The first-order valence-electron chi connectivity index (χ1n) is 12.0. The summed E-state index contributed by atoms with van der Waals surface area (Å²) in [5.74, 6) is 1.69. The molecular weight excluding hydrogens is 463 g/mol. The molecule has 0 bridgehead atoms. The lowest BCUT2D eigenvalue weighted by Gasteiger charge is -2.32. The van der Waals surface area contributed by atoms with Crippen LogP contribution in [0.2, 0.25) is 0 Å². The van der Waals surface area contributed by atoms with Crippen LogP contribution >= 0.6 is 0 Å². The summed E-state index contributed by atoms with van der Waals surface area (Å²) in [6, 6.07) is 11.8. The molecule has 0 amide bonds. The van der Waals surface area contributed by atoms with Gasteiger partial charge < -0.3 is 14.5 Å². The zero-order chi connectivity index (χ0) is 25.4. The van der Waals surface area contributed by atoms with Gasteiger partial charge in [-0.3, -0.25) is 9.69 Å². The number of rotatable bonds is 7. The van der Waals surface area contributed by atoms with E-state index >= 15 is 0 Å². The molecule has 1 unspecified atom stereocenters. The molecule has 4 aromatic rings. The molecular formula is C26H29FN6O3. The van der Waals surface area contributed by atoms with E-state index in [1.807, 2.05) is 37.6 Å². The number of aromatic nitrogens is 5. The van der Waals surface area contributed by atoms with Gasteiger partial charge in [0.25, 0.3) is 5.56 Å². The molecule has 0 saturated heterocycles. The van der Waals surface area contributed by atoms with E-state index in [4.69, 9.17) is 9.47 Å². The first kappa shape index (κ1) is 23.9. The number of nitrogens with one attached hydrogen (secondary N) is 1. The molecule has 0 spiro atoms. The van der Waals surface area contributed by atoms with E-state index in [-0.39, 0.29) is 29.8 Å². The maximum atomic E-state index is 13.6. The molecule has 9 nitrogen and oxygen atoms in total. The van der Waals surface area contributed by atoms with Gasteiger partial charge in [0.2, 0.25) is 6.79 Å². The van der Waals surface area contributed by atoms with Crippen LogP contribution in [0.1, 0.15) is 57.1 Å². The number of pyridine rings is 1. The highest BCUT2D eigenvalue weighted by Crippen LogP contribution is 2.35. The van der Waals surface area contributed by atoms with Crippen LogP contribution in [0.25, 0.3) is 10.9 Å². The van der Waals surface area contributed by atoms with Crippen LogP contribution in [0, 0.1) is 5.82 Å².